The highest BCUT2D eigenvalue weighted by atomic mass is 16.3. The van der Waals surface area contributed by atoms with Crippen LogP contribution in [0.5, 0.6) is 0 Å². The molecule has 1 fully saturated rings. The quantitative estimate of drug-likeness (QED) is 0.649. The van der Waals surface area contributed by atoms with Crippen LogP contribution in [0, 0.1) is 5.92 Å². The van der Waals surface area contributed by atoms with E-state index in [-0.39, 0.29) is 12.2 Å². The Morgan fingerprint density at radius 2 is 1.69 bits per heavy atom. The lowest BCUT2D eigenvalue weighted by Crippen LogP contribution is -2.41. The summed E-state index contributed by atoms with van der Waals surface area (Å²) in [6.45, 7) is 4.97. The summed E-state index contributed by atoms with van der Waals surface area (Å²) in [4.78, 5) is 0. The van der Waals surface area contributed by atoms with Gasteiger partial charge in [0.15, 0.2) is 0 Å². The minimum absolute atomic E-state index is 0.0954. The van der Waals surface area contributed by atoms with Crippen LogP contribution < -0.4 is 5.32 Å². The first-order chi connectivity index (χ1) is 7.67. The summed E-state index contributed by atoms with van der Waals surface area (Å²) in [6, 6.07) is 0.493. The normalized spacial score (nSPS) is 28.3. The molecule has 1 rings (SSSR count). The summed E-state index contributed by atoms with van der Waals surface area (Å²) < 4.78 is 0. The summed E-state index contributed by atoms with van der Waals surface area (Å²) in [5.74, 6) is 0.418. The van der Waals surface area contributed by atoms with Crippen LogP contribution in [0.4, 0.5) is 0 Å². The molecule has 0 aromatic heterocycles. The van der Waals surface area contributed by atoms with E-state index in [1.54, 1.807) is 0 Å². The van der Waals surface area contributed by atoms with Crippen molar-refractivity contribution in [1.82, 2.24) is 5.32 Å². The smallest absolute Gasteiger partial charge is 0.0692 e. The molecule has 1 atom stereocenters. The monoisotopic (exact) mass is 229 g/mol. The Morgan fingerprint density at radius 3 is 2.19 bits per heavy atom. The van der Waals surface area contributed by atoms with Gasteiger partial charge < -0.3 is 15.5 Å². The van der Waals surface area contributed by atoms with E-state index in [1.807, 2.05) is 0 Å². The van der Waals surface area contributed by atoms with Gasteiger partial charge in [0.05, 0.1) is 12.2 Å². The number of hydrogen-bond donors (Lipinski definition) is 3. The third kappa shape index (κ3) is 4.40. The lowest BCUT2D eigenvalue weighted by atomic mass is 9.92. The van der Waals surface area contributed by atoms with Crippen molar-refractivity contribution in [2.24, 2.45) is 5.92 Å². The van der Waals surface area contributed by atoms with Crippen LogP contribution in [0.2, 0.25) is 0 Å². The van der Waals surface area contributed by atoms with Crippen molar-refractivity contribution in [3.05, 3.63) is 0 Å². The van der Waals surface area contributed by atoms with Gasteiger partial charge in [-0.15, -0.1) is 0 Å². The molecule has 0 radical (unpaired) electrons. The van der Waals surface area contributed by atoms with Crippen LogP contribution in [0.15, 0.2) is 0 Å². The molecule has 1 aliphatic rings. The summed E-state index contributed by atoms with van der Waals surface area (Å²) in [5.41, 5.74) is 0. The average molecular weight is 229 g/mol. The van der Waals surface area contributed by atoms with Gasteiger partial charge in [0.25, 0.3) is 0 Å². The maximum Gasteiger partial charge on any atom is 0.0692 e. The molecule has 0 saturated heterocycles. The van der Waals surface area contributed by atoms with E-state index >= 15 is 0 Å². The van der Waals surface area contributed by atoms with Gasteiger partial charge in [-0.2, -0.15) is 0 Å². The minimum atomic E-state index is -0.221. The molecule has 0 aromatic carbocycles. The maximum absolute atomic E-state index is 9.98. The van der Waals surface area contributed by atoms with Gasteiger partial charge in [-0.3, -0.25) is 0 Å². The Kier molecular flexibility index (Phi) is 6.32. The Hall–Kier alpha value is -0.120. The van der Waals surface area contributed by atoms with Crippen molar-refractivity contribution in [3.63, 3.8) is 0 Å². The molecule has 3 heteroatoms. The third-order valence-corrected chi connectivity index (χ3v) is 3.91. The van der Waals surface area contributed by atoms with E-state index in [0.29, 0.717) is 18.5 Å². The lowest BCUT2D eigenvalue weighted by molar-refractivity contribution is 0.0856. The van der Waals surface area contributed by atoms with Gasteiger partial charge in [0.2, 0.25) is 0 Å². The maximum atomic E-state index is 9.98. The fourth-order valence-electron chi connectivity index (χ4n) is 2.57. The Labute approximate surface area is 99.3 Å². The molecule has 0 aliphatic heterocycles. The molecule has 1 unspecified atom stereocenters. The Bertz CT molecular complexity index is 175. The number of hydrogen-bond acceptors (Lipinski definition) is 3. The van der Waals surface area contributed by atoms with E-state index in [9.17, 15) is 10.2 Å². The van der Waals surface area contributed by atoms with Gasteiger partial charge in [0.1, 0.15) is 0 Å². The predicted octanol–water partition coefficient (Wildman–Crippen LogP) is 1.68. The van der Waals surface area contributed by atoms with Gasteiger partial charge in [-0.05, 0) is 31.6 Å². The van der Waals surface area contributed by atoms with Crippen molar-refractivity contribution in [3.8, 4) is 0 Å². The van der Waals surface area contributed by atoms with E-state index in [0.717, 1.165) is 38.5 Å². The van der Waals surface area contributed by atoms with Crippen molar-refractivity contribution in [1.29, 1.82) is 0 Å². The molecular weight excluding hydrogens is 202 g/mol. The van der Waals surface area contributed by atoms with Crippen LogP contribution in [-0.2, 0) is 0 Å². The topological polar surface area (TPSA) is 52.5 Å². The molecule has 3 nitrogen and oxygen atoms in total. The fraction of sp³-hybridized carbons (Fsp3) is 1.00. The molecule has 96 valence electrons. The Balaban J connectivity index is 2.18. The lowest BCUT2D eigenvalue weighted by Gasteiger charge is -2.28. The molecule has 1 saturated carbocycles. The zero-order valence-corrected chi connectivity index (χ0v) is 10.7. The molecule has 0 heterocycles. The fourth-order valence-corrected chi connectivity index (χ4v) is 2.57. The molecule has 0 bridgehead atoms. The second-order valence-electron chi connectivity index (χ2n) is 5.06. The molecule has 16 heavy (non-hydrogen) atoms. The standard InChI is InChI=1S/C13H27NO2/c1-3-10(4-2)13(16)9-14-11-5-7-12(15)8-6-11/h10-16H,3-9H2,1-2H3. The first kappa shape index (κ1) is 13.9. The Morgan fingerprint density at radius 1 is 1.12 bits per heavy atom. The molecular formula is C13H27NO2. The highest BCUT2D eigenvalue weighted by Crippen LogP contribution is 2.19. The molecule has 0 aromatic rings. The van der Waals surface area contributed by atoms with Crippen molar-refractivity contribution < 1.29 is 10.2 Å². The number of rotatable bonds is 6. The van der Waals surface area contributed by atoms with Crippen LogP contribution in [0.25, 0.3) is 0 Å². The number of aliphatic hydroxyl groups is 2. The highest BCUT2D eigenvalue weighted by Gasteiger charge is 2.21. The number of nitrogens with one attached hydrogen (secondary N) is 1. The van der Waals surface area contributed by atoms with E-state index in [2.05, 4.69) is 19.2 Å². The van der Waals surface area contributed by atoms with Crippen LogP contribution in [-0.4, -0.2) is 35.0 Å². The summed E-state index contributed by atoms with van der Waals surface area (Å²) in [6.07, 6.45) is 5.65. The van der Waals surface area contributed by atoms with Gasteiger partial charge in [-0.25, -0.2) is 0 Å². The van der Waals surface area contributed by atoms with E-state index in [1.165, 1.54) is 0 Å². The van der Waals surface area contributed by atoms with Gasteiger partial charge in [0, 0.05) is 12.6 Å². The van der Waals surface area contributed by atoms with Gasteiger partial charge >= 0.3 is 0 Å². The van der Waals surface area contributed by atoms with E-state index < -0.39 is 0 Å². The average Bonchev–Trinajstić information content (AvgIpc) is 2.30. The number of aliphatic hydroxyl groups excluding tert-OH is 2. The second-order valence-corrected chi connectivity index (χ2v) is 5.06. The van der Waals surface area contributed by atoms with E-state index in [4.69, 9.17) is 0 Å². The first-order valence-corrected chi connectivity index (χ1v) is 6.76. The highest BCUT2D eigenvalue weighted by molar-refractivity contribution is 4.78. The molecule has 1 aliphatic carbocycles. The molecule has 0 amide bonds. The predicted molar refractivity (Wildman–Crippen MR) is 66.3 cm³/mol. The largest absolute Gasteiger partial charge is 0.393 e. The van der Waals surface area contributed by atoms with Crippen LogP contribution in [0.1, 0.15) is 52.4 Å². The minimum Gasteiger partial charge on any atom is -0.393 e. The van der Waals surface area contributed by atoms with Crippen LogP contribution >= 0.6 is 0 Å². The zero-order chi connectivity index (χ0) is 12.0. The second kappa shape index (κ2) is 7.25. The summed E-state index contributed by atoms with van der Waals surface area (Å²) >= 11 is 0. The van der Waals surface area contributed by atoms with Crippen molar-refractivity contribution in [2.45, 2.75) is 70.6 Å². The van der Waals surface area contributed by atoms with Crippen LogP contribution in [0.3, 0.4) is 0 Å². The van der Waals surface area contributed by atoms with Crippen molar-refractivity contribution in [2.75, 3.05) is 6.54 Å². The summed E-state index contributed by atoms with van der Waals surface area (Å²) in [7, 11) is 0. The van der Waals surface area contributed by atoms with Gasteiger partial charge in [-0.1, -0.05) is 26.7 Å². The zero-order valence-electron chi connectivity index (χ0n) is 10.7. The third-order valence-electron chi connectivity index (χ3n) is 3.91. The molecule has 3 N–H and O–H groups in total. The van der Waals surface area contributed by atoms with Crippen molar-refractivity contribution >= 4 is 0 Å². The molecule has 0 spiro atoms. The first-order valence-electron chi connectivity index (χ1n) is 6.76. The summed E-state index contributed by atoms with van der Waals surface area (Å²) in [5, 5.41) is 22.8. The SMILES string of the molecule is CCC(CC)C(O)CNC1CCC(O)CC1.